The fourth-order valence-electron chi connectivity index (χ4n) is 1.02. The van der Waals surface area contributed by atoms with E-state index in [1.807, 2.05) is 0 Å². The van der Waals surface area contributed by atoms with E-state index in [1.165, 1.54) is 18.2 Å². The molecule has 1 aromatic rings. The molecule has 1 aromatic carbocycles. The Labute approximate surface area is 95.3 Å². The van der Waals surface area contributed by atoms with Crippen LogP contribution in [0.4, 0.5) is 8.78 Å². The molecule has 2 nitrogen and oxygen atoms in total. The van der Waals surface area contributed by atoms with Gasteiger partial charge >= 0.3 is 0 Å². The normalized spacial score (nSPS) is 10.7. The number of alkyl halides is 2. The molecule has 0 heterocycles. The van der Waals surface area contributed by atoms with Gasteiger partial charge in [0, 0.05) is 17.1 Å². The summed E-state index contributed by atoms with van der Waals surface area (Å²) in [7, 11) is 1.57. The number of ether oxygens (including phenoxy) is 2. The van der Waals surface area contributed by atoms with Gasteiger partial charge in [-0.05, 0) is 18.2 Å². The van der Waals surface area contributed by atoms with Gasteiger partial charge in [0.15, 0.2) is 0 Å². The fourth-order valence-corrected chi connectivity index (χ4v) is 1.55. The van der Waals surface area contributed by atoms with E-state index in [1.54, 1.807) is 7.11 Å². The summed E-state index contributed by atoms with van der Waals surface area (Å²) < 4.78 is 35.2. The van der Waals surface area contributed by atoms with E-state index in [4.69, 9.17) is 9.47 Å². The lowest BCUT2D eigenvalue weighted by Gasteiger charge is -2.08. The minimum atomic E-state index is -2.48. The molecule has 0 bridgehead atoms. The summed E-state index contributed by atoms with van der Waals surface area (Å²) in [5.41, 5.74) is -0.0332. The topological polar surface area (TPSA) is 18.5 Å². The Kier molecular flexibility index (Phi) is 4.98. The van der Waals surface area contributed by atoms with Crippen LogP contribution in [0.5, 0.6) is 5.75 Å². The lowest BCUT2D eigenvalue weighted by Crippen LogP contribution is -2.04. The second-order valence-corrected chi connectivity index (χ2v) is 3.68. The molecule has 1 rings (SSSR count). The van der Waals surface area contributed by atoms with E-state index in [2.05, 4.69) is 15.9 Å². The van der Waals surface area contributed by atoms with Crippen molar-refractivity contribution in [3.8, 4) is 5.75 Å². The maximum atomic E-state index is 12.4. The second-order valence-electron chi connectivity index (χ2n) is 2.83. The van der Waals surface area contributed by atoms with Gasteiger partial charge in [-0.2, -0.15) is 0 Å². The molecule has 0 amide bonds. The van der Waals surface area contributed by atoms with E-state index in [0.29, 0.717) is 23.4 Å². The van der Waals surface area contributed by atoms with E-state index in [0.717, 1.165) is 0 Å². The highest BCUT2D eigenvalue weighted by Crippen LogP contribution is 2.30. The summed E-state index contributed by atoms with van der Waals surface area (Å²) in [5.74, 6) is 0.545. The van der Waals surface area contributed by atoms with Crippen LogP contribution in [0.3, 0.4) is 0 Å². The Morgan fingerprint density at radius 1 is 1.33 bits per heavy atom. The van der Waals surface area contributed by atoms with Gasteiger partial charge in [0.25, 0.3) is 6.43 Å². The Balaban J connectivity index is 2.65. The van der Waals surface area contributed by atoms with Crippen LogP contribution < -0.4 is 4.74 Å². The summed E-state index contributed by atoms with van der Waals surface area (Å²) in [6.07, 6.45) is -2.48. The van der Waals surface area contributed by atoms with Crippen molar-refractivity contribution in [2.75, 3.05) is 20.3 Å². The van der Waals surface area contributed by atoms with Crippen LogP contribution in [0.15, 0.2) is 22.7 Å². The maximum Gasteiger partial charge on any atom is 0.264 e. The Morgan fingerprint density at radius 2 is 2.07 bits per heavy atom. The van der Waals surface area contributed by atoms with Crippen LogP contribution in [0.25, 0.3) is 0 Å². The molecule has 0 unspecified atom stereocenters. The van der Waals surface area contributed by atoms with Gasteiger partial charge in [0.1, 0.15) is 12.4 Å². The first-order valence-electron chi connectivity index (χ1n) is 4.34. The van der Waals surface area contributed by atoms with Crippen LogP contribution >= 0.6 is 15.9 Å². The van der Waals surface area contributed by atoms with Crippen molar-refractivity contribution in [1.82, 2.24) is 0 Å². The molecule has 0 fully saturated rings. The van der Waals surface area contributed by atoms with Crippen molar-refractivity contribution < 1.29 is 18.3 Å². The third kappa shape index (κ3) is 3.76. The Morgan fingerprint density at radius 3 is 2.60 bits per heavy atom. The highest BCUT2D eigenvalue weighted by molar-refractivity contribution is 9.10. The molecule has 0 radical (unpaired) electrons. The van der Waals surface area contributed by atoms with Gasteiger partial charge in [-0.3, -0.25) is 0 Å². The molecule has 0 aliphatic heterocycles. The van der Waals surface area contributed by atoms with Gasteiger partial charge in [0.2, 0.25) is 0 Å². The quantitative estimate of drug-likeness (QED) is 0.770. The fraction of sp³-hybridized carbons (Fsp3) is 0.400. The summed E-state index contributed by atoms with van der Waals surface area (Å²) in [6.45, 7) is 0.866. The minimum Gasteiger partial charge on any atom is -0.491 e. The molecule has 0 saturated heterocycles. The number of benzene rings is 1. The van der Waals surface area contributed by atoms with Crippen molar-refractivity contribution in [2.45, 2.75) is 6.43 Å². The third-order valence-electron chi connectivity index (χ3n) is 1.76. The van der Waals surface area contributed by atoms with E-state index < -0.39 is 6.43 Å². The SMILES string of the molecule is COCCOc1ccc(C(F)F)c(Br)c1. The first-order valence-corrected chi connectivity index (χ1v) is 5.13. The van der Waals surface area contributed by atoms with Crippen LogP contribution in [0.1, 0.15) is 12.0 Å². The standard InChI is InChI=1S/C10H11BrF2O2/c1-14-4-5-15-7-2-3-8(10(12)13)9(11)6-7/h2-3,6,10H,4-5H2,1H3. The van der Waals surface area contributed by atoms with E-state index in [9.17, 15) is 8.78 Å². The molecule has 84 valence electrons. The molecule has 0 aliphatic rings. The first-order chi connectivity index (χ1) is 7.15. The highest BCUT2D eigenvalue weighted by Gasteiger charge is 2.11. The number of hydrogen-bond acceptors (Lipinski definition) is 2. The van der Waals surface area contributed by atoms with Crippen molar-refractivity contribution in [3.63, 3.8) is 0 Å². The molecule has 5 heteroatoms. The molecule has 0 spiro atoms. The predicted octanol–water partition coefficient (Wildman–Crippen LogP) is 3.41. The molecule has 0 saturated carbocycles. The lowest BCUT2D eigenvalue weighted by atomic mass is 10.2. The molecular formula is C10H11BrF2O2. The Hall–Kier alpha value is -0.680. The monoisotopic (exact) mass is 280 g/mol. The van der Waals surface area contributed by atoms with E-state index >= 15 is 0 Å². The molecule has 15 heavy (non-hydrogen) atoms. The van der Waals surface area contributed by atoms with Crippen LogP contribution in [-0.2, 0) is 4.74 Å². The van der Waals surface area contributed by atoms with Crippen LogP contribution in [0.2, 0.25) is 0 Å². The predicted molar refractivity (Wildman–Crippen MR) is 56.5 cm³/mol. The zero-order chi connectivity index (χ0) is 11.3. The first kappa shape index (κ1) is 12.4. The van der Waals surface area contributed by atoms with Crippen molar-refractivity contribution in [3.05, 3.63) is 28.2 Å². The molecular weight excluding hydrogens is 270 g/mol. The van der Waals surface area contributed by atoms with Crippen molar-refractivity contribution in [1.29, 1.82) is 0 Å². The van der Waals surface area contributed by atoms with Crippen molar-refractivity contribution >= 4 is 15.9 Å². The van der Waals surface area contributed by atoms with Gasteiger partial charge in [-0.25, -0.2) is 8.78 Å². The zero-order valence-electron chi connectivity index (χ0n) is 8.17. The molecule has 0 atom stereocenters. The smallest absolute Gasteiger partial charge is 0.264 e. The zero-order valence-corrected chi connectivity index (χ0v) is 9.76. The van der Waals surface area contributed by atoms with Gasteiger partial charge < -0.3 is 9.47 Å². The van der Waals surface area contributed by atoms with E-state index in [-0.39, 0.29) is 5.56 Å². The molecule has 0 aromatic heterocycles. The highest BCUT2D eigenvalue weighted by atomic mass is 79.9. The average molecular weight is 281 g/mol. The number of hydrogen-bond donors (Lipinski definition) is 0. The van der Waals surface area contributed by atoms with Gasteiger partial charge in [-0.15, -0.1) is 0 Å². The van der Waals surface area contributed by atoms with Gasteiger partial charge in [-0.1, -0.05) is 15.9 Å². The number of rotatable bonds is 5. The molecule has 0 N–H and O–H groups in total. The Bertz CT molecular complexity index is 318. The maximum absolute atomic E-state index is 12.4. The van der Waals surface area contributed by atoms with Crippen molar-refractivity contribution in [2.24, 2.45) is 0 Å². The lowest BCUT2D eigenvalue weighted by molar-refractivity contribution is 0.145. The summed E-state index contributed by atoms with van der Waals surface area (Å²) in [6, 6.07) is 4.38. The number of halogens is 3. The third-order valence-corrected chi connectivity index (χ3v) is 2.45. The van der Waals surface area contributed by atoms with Crippen LogP contribution in [-0.4, -0.2) is 20.3 Å². The average Bonchev–Trinajstić information content (AvgIpc) is 2.17. The van der Waals surface area contributed by atoms with Crippen LogP contribution in [0, 0.1) is 0 Å². The number of methoxy groups -OCH3 is 1. The van der Waals surface area contributed by atoms with Gasteiger partial charge in [0.05, 0.1) is 6.61 Å². The summed E-state index contributed by atoms with van der Waals surface area (Å²) in [5, 5.41) is 0. The minimum absolute atomic E-state index is 0.0332. The largest absolute Gasteiger partial charge is 0.491 e. The molecule has 0 aliphatic carbocycles. The summed E-state index contributed by atoms with van der Waals surface area (Å²) in [4.78, 5) is 0. The second kappa shape index (κ2) is 6.02. The summed E-state index contributed by atoms with van der Waals surface area (Å²) >= 11 is 3.07.